The van der Waals surface area contributed by atoms with E-state index in [1.807, 2.05) is 41.3 Å². The molecule has 6 heteroatoms. The molecule has 2 saturated heterocycles. The number of ether oxygens (including phenoxy) is 1. The molecule has 1 aromatic heterocycles. The molecular weight excluding hydrogens is 332 g/mol. The highest BCUT2D eigenvalue weighted by molar-refractivity contribution is 5.84. The van der Waals surface area contributed by atoms with Gasteiger partial charge in [-0.3, -0.25) is 9.59 Å². The number of carbonyl (C=O) groups is 2. The van der Waals surface area contributed by atoms with Gasteiger partial charge >= 0.3 is 0 Å². The summed E-state index contributed by atoms with van der Waals surface area (Å²) in [5.74, 6) is 0.334. The van der Waals surface area contributed by atoms with E-state index in [1.165, 1.54) is 0 Å². The van der Waals surface area contributed by atoms with E-state index < -0.39 is 0 Å². The molecule has 0 bridgehead atoms. The Morgan fingerprint density at radius 2 is 2.00 bits per heavy atom. The molecule has 2 aliphatic heterocycles. The van der Waals surface area contributed by atoms with Crippen molar-refractivity contribution in [1.82, 2.24) is 10.2 Å². The Bertz CT molecular complexity index is 759. The Kier molecular flexibility index (Phi) is 4.75. The van der Waals surface area contributed by atoms with Crippen LogP contribution in [0.5, 0.6) is 0 Å². The number of hydrogen-bond acceptors (Lipinski definition) is 4. The van der Waals surface area contributed by atoms with Crippen LogP contribution in [0.15, 0.2) is 53.1 Å². The van der Waals surface area contributed by atoms with Gasteiger partial charge in [0, 0.05) is 13.2 Å². The molecule has 1 N–H and O–H groups in total. The SMILES string of the molecule is O=C(NCc1ccco1)[C@@H]1CN(C(=O)Cc2ccccc2)[C@@H]2CCO[C@H]21. The van der Waals surface area contributed by atoms with Crippen molar-refractivity contribution in [3.05, 3.63) is 60.1 Å². The number of nitrogens with zero attached hydrogens (tertiary/aromatic N) is 1. The van der Waals surface area contributed by atoms with E-state index >= 15 is 0 Å². The van der Waals surface area contributed by atoms with E-state index in [4.69, 9.17) is 9.15 Å². The fraction of sp³-hybridized carbons (Fsp3) is 0.400. The lowest BCUT2D eigenvalue weighted by molar-refractivity contribution is -0.131. The van der Waals surface area contributed by atoms with Crippen molar-refractivity contribution < 1.29 is 18.7 Å². The molecule has 3 heterocycles. The minimum Gasteiger partial charge on any atom is -0.467 e. The van der Waals surface area contributed by atoms with Crippen molar-refractivity contribution >= 4 is 11.8 Å². The topological polar surface area (TPSA) is 71.8 Å². The smallest absolute Gasteiger partial charge is 0.227 e. The van der Waals surface area contributed by atoms with Crippen molar-refractivity contribution in [3.63, 3.8) is 0 Å². The molecule has 1 aromatic carbocycles. The van der Waals surface area contributed by atoms with Crippen LogP contribution in [0, 0.1) is 5.92 Å². The maximum absolute atomic E-state index is 12.8. The van der Waals surface area contributed by atoms with E-state index in [2.05, 4.69) is 5.32 Å². The number of rotatable bonds is 5. The molecule has 4 rings (SSSR count). The molecule has 0 aliphatic carbocycles. The molecule has 2 aromatic rings. The maximum Gasteiger partial charge on any atom is 0.227 e. The molecule has 3 atom stereocenters. The highest BCUT2D eigenvalue weighted by Crippen LogP contribution is 2.34. The van der Waals surface area contributed by atoms with Gasteiger partial charge in [0.05, 0.1) is 37.3 Å². The molecule has 2 amide bonds. The number of benzene rings is 1. The Morgan fingerprint density at radius 3 is 2.77 bits per heavy atom. The number of likely N-dealkylation sites (tertiary alicyclic amines) is 1. The molecule has 2 fully saturated rings. The fourth-order valence-corrected chi connectivity index (χ4v) is 3.88. The van der Waals surface area contributed by atoms with Crippen molar-refractivity contribution in [2.75, 3.05) is 13.2 Å². The third-order valence-electron chi connectivity index (χ3n) is 5.17. The predicted octanol–water partition coefficient (Wildman–Crippen LogP) is 1.75. The van der Waals surface area contributed by atoms with E-state index in [0.717, 1.165) is 12.0 Å². The van der Waals surface area contributed by atoms with Crippen LogP contribution in [0.2, 0.25) is 0 Å². The summed E-state index contributed by atoms with van der Waals surface area (Å²) < 4.78 is 11.0. The summed E-state index contributed by atoms with van der Waals surface area (Å²) in [7, 11) is 0. The number of nitrogens with one attached hydrogen (secondary N) is 1. The van der Waals surface area contributed by atoms with Crippen LogP contribution in [0.4, 0.5) is 0 Å². The lowest BCUT2D eigenvalue weighted by Gasteiger charge is -2.22. The molecule has 0 saturated carbocycles. The second kappa shape index (κ2) is 7.33. The van der Waals surface area contributed by atoms with Gasteiger partial charge in [0.1, 0.15) is 5.76 Å². The molecule has 2 aliphatic rings. The van der Waals surface area contributed by atoms with Crippen molar-refractivity contribution in [2.24, 2.45) is 5.92 Å². The first-order valence-electron chi connectivity index (χ1n) is 8.97. The van der Waals surface area contributed by atoms with E-state index in [9.17, 15) is 9.59 Å². The molecular formula is C20H22N2O4. The summed E-state index contributed by atoms with van der Waals surface area (Å²) in [6, 6.07) is 13.3. The fourth-order valence-electron chi connectivity index (χ4n) is 3.88. The number of fused-ring (bicyclic) bond motifs is 1. The van der Waals surface area contributed by atoms with Crippen LogP contribution in [0.25, 0.3) is 0 Å². The minimum atomic E-state index is -0.336. The molecule has 136 valence electrons. The summed E-state index contributed by atoms with van der Waals surface area (Å²) in [5, 5.41) is 2.90. The molecule has 26 heavy (non-hydrogen) atoms. The van der Waals surface area contributed by atoms with Crippen LogP contribution < -0.4 is 5.32 Å². The number of furan rings is 1. The van der Waals surface area contributed by atoms with Crippen LogP contribution >= 0.6 is 0 Å². The highest BCUT2D eigenvalue weighted by atomic mass is 16.5. The van der Waals surface area contributed by atoms with Gasteiger partial charge in [0.25, 0.3) is 0 Å². The average Bonchev–Trinajstić information content (AvgIpc) is 3.38. The lowest BCUT2D eigenvalue weighted by Crippen LogP contribution is -2.38. The number of carbonyl (C=O) groups excluding carboxylic acids is 2. The van der Waals surface area contributed by atoms with Gasteiger partial charge in [-0.15, -0.1) is 0 Å². The van der Waals surface area contributed by atoms with Gasteiger partial charge in [-0.25, -0.2) is 0 Å². The monoisotopic (exact) mass is 354 g/mol. The largest absolute Gasteiger partial charge is 0.467 e. The first-order valence-corrected chi connectivity index (χ1v) is 8.97. The molecule has 0 unspecified atom stereocenters. The summed E-state index contributed by atoms with van der Waals surface area (Å²) in [4.78, 5) is 27.3. The minimum absolute atomic E-state index is 0.00873. The lowest BCUT2D eigenvalue weighted by atomic mass is 10.0. The second-order valence-corrected chi connectivity index (χ2v) is 6.80. The Labute approximate surface area is 152 Å². The van der Waals surface area contributed by atoms with Crippen molar-refractivity contribution in [3.8, 4) is 0 Å². The normalized spacial score (nSPS) is 24.5. The van der Waals surface area contributed by atoms with Crippen LogP contribution in [-0.2, 0) is 27.3 Å². The third kappa shape index (κ3) is 3.37. The second-order valence-electron chi connectivity index (χ2n) is 6.80. The van der Waals surface area contributed by atoms with Gasteiger partial charge < -0.3 is 19.4 Å². The first kappa shape index (κ1) is 16.8. The summed E-state index contributed by atoms with van der Waals surface area (Å²) in [5.41, 5.74) is 0.985. The Hall–Kier alpha value is -2.60. The Morgan fingerprint density at radius 1 is 1.15 bits per heavy atom. The van der Waals surface area contributed by atoms with Gasteiger partial charge in [-0.1, -0.05) is 30.3 Å². The van der Waals surface area contributed by atoms with E-state index in [0.29, 0.717) is 31.9 Å². The molecule has 6 nitrogen and oxygen atoms in total. The zero-order valence-electron chi connectivity index (χ0n) is 14.5. The van der Waals surface area contributed by atoms with E-state index in [-0.39, 0.29) is 29.9 Å². The quantitative estimate of drug-likeness (QED) is 0.888. The van der Waals surface area contributed by atoms with Gasteiger partial charge in [0.15, 0.2) is 0 Å². The number of amides is 2. The van der Waals surface area contributed by atoms with E-state index in [1.54, 1.807) is 12.3 Å². The maximum atomic E-state index is 12.8. The predicted molar refractivity (Wildman–Crippen MR) is 94.0 cm³/mol. The van der Waals surface area contributed by atoms with Crippen molar-refractivity contribution in [1.29, 1.82) is 0 Å². The van der Waals surface area contributed by atoms with Gasteiger partial charge in [0.2, 0.25) is 11.8 Å². The standard InChI is InChI=1S/C20H22N2O4/c23-18(11-14-5-2-1-3-6-14)22-13-16(19-17(22)8-10-26-19)20(24)21-12-15-7-4-9-25-15/h1-7,9,16-17,19H,8,10-13H2,(H,21,24)/t16-,17-,19+/m1/s1. The first-order chi connectivity index (χ1) is 12.7. The number of hydrogen-bond donors (Lipinski definition) is 1. The summed E-state index contributed by atoms with van der Waals surface area (Å²) in [6.45, 7) is 1.34. The third-order valence-corrected chi connectivity index (χ3v) is 5.17. The van der Waals surface area contributed by atoms with Crippen molar-refractivity contribution in [2.45, 2.75) is 31.5 Å². The van der Waals surface area contributed by atoms with Crippen LogP contribution in [0.1, 0.15) is 17.7 Å². The van der Waals surface area contributed by atoms with Gasteiger partial charge in [-0.05, 0) is 24.1 Å². The van der Waals surface area contributed by atoms with Gasteiger partial charge in [-0.2, -0.15) is 0 Å². The average molecular weight is 354 g/mol. The Balaban J connectivity index is 1.41. The summed E-state index contributed by atoms with van der Waals surface area (Å²) >= 11 is 0. The summed E-state index contributed by atoms with van der Waals surface area (Å²) in [6.07, 6.45) is 2.50. The molecule has 0 radical (unpaired) electrons. The van der Waals surface area contributed by atoms with Crippen LogP contribution in [0.3, 0.4) is 0 Å². The zero-order chi connectivity index (χ0) is 17.9. The molecule has 0 spiro atoms. The highest BCUT2D eigenvalue weighted by Gasteiger charge is 2.50. The zero-order valence-corrected chi connectivity index (χ0v) is 14.5. The van der Waals surface area contributed by atoms with Crippen LogP contribution in [-0.4, -0.2) is 42.0 Å².